The summed E-state index contributed by atoms with van der Waals surface area (Å²) in [5.74, 6) is 0. The van der Waals surface area contributed by atoms with Crippen molar-refractivity contribution in [3.63, 3.8) is 0 Å². The predicted molar refractivity (Wildman–Crippen MR) is 79.5 cm³/mol. The molecule has 1 N–H and O–H groups in total. The molecule has 2 rings (SSSR count). The van der Waals surface area contributed by atoms with Crippen LogP contribution in [-0.2, 0) is 17.7 Å². The standard InChI is InChI=1S/C16H28N2O/c1-3-4-10-19-11-9-18-12-14-7-5-6-8-16(17-2)15(14)13-18/h12-13,16-17H,3-11H2,1-2H3. The van der Waals surface area contributed by atoms with E-state index in [0.717, 1.165) is 19.8 Å². The van der Waals surface area contributed by atoms with E-state index in [0.29, 0.717) is 6.04 Å². The first-order chi connectivity index (χ1) is 9.35. The van der Waals surface area contributed by atoms with Crippen molar-refractivity contribution < 1.29 is 4.74 Å². The molecule has 0 aliphatic heterocycles. The number of nitrogens with one attached hydrogen (secondary N) is 1. The first-order valence-electron chi connectivity index (χ1n) is 7.78. The minimum atomic E-state index is 0.541. The van der Waals surface area contributed by atoms with Gasteiger partial charge >= 0.3 is 0 Å². The zero-order chi connectivity index (χ0) is 13.5. The maximum absolute atomic E-state index is 5.65. The smallest absolute Gasteiger partial charge is 0.0645 e. The Labute approximate surface area is 117 Å². The Morgan fingerprint density at radius 3 is 3.00 bits per heavy atom. The maximum atomic E-state index is 5.65. The van der Waals surface area contributed by atoms with Crippen LogP contribution in [0.1, 0.15) is 56.2 Å². The van der Waals surface area contributed by atoms with Crippen molar-refractivity contribution in [3.05, 3.63) is 23.5 Å². The second kappa shape index (κ2) is 7.71. The Kier molecular flexibility index (Phi) is 5.93. The number of ether oxygens (including phenoxy) is 1. The molecule has 0 saturated carbocycles. The molecule has 0 fully saturated rings. The number of unbranched alkanes of at least 4 members (excludes halogenated alkanes) is 1. The molecule has 3 nitrogen and oxygen atoms in total. The number of nitrogens with zero attached hydrogens (tertiary/aromatic N) is 1. The molecule has 108 valence electrons. The zero-order valence-electron chi connectivity index (χ0n) is 12.5. The minimum absolute atomic E-state index is 0.541. The summed E-state index contributed by atoms with van der Waals surface area (Å²) in [4.78, 5) is 0. The highest BCUT2D eigenvalue weighted by Crippen LogP contribution is 2.29. The molecule has 19 heavy (non-hydrogen) atoms. The molecular weight excluding hydrogens is 236 g/mol. The molecule has 0 radical (unpaired) electrons. The van der Waals surface area contributed by atoms with E-state index in [4.69, 9.17) is 4.74 Å². The predicted octanol–water partition coefficient (Wildman–Crippen LogP) is 3.29. The van der Waals surface area contributed by atoms with E-state index in [2.05, 4.69) is 36.2 Å². The summed E-state index contributed by atoms with van der Waals surface area (Å²) in [6, 6.07) is 0.541. The Balaban J connectivity index is 1.89. The Hall–Kier alpha value is -0.800. The maximum Gasteiger partial charge on any atom is 0.0645 e. The van der Waals surface area contributed by atoms with Crippen molar-refractivity contribution in [2.75, 3.05) is 20.3 Å². The fourth-order valence-electron chi connectivity index (χ4n) is 2.86. The van der Waals surface area contributed by atoms with E-state index >= 15 is 0 Å². The Bertz CT molecular complexity index is 373. The molecule has 1 heterocycles. The van der Waals surface area contributed by atoms with Crippen molar-refractivity contribution in [3.8, 4) is 0 Å². The molecule has 3 heteroatoms. The van der Waals surface area contributed by atoms with Gasteiger partial charge in [-0.05, 0) is 43.9 Å². The minimum Gasteiger partial charge on any atom is -0.380 e. The van der Waals surface area contributed by atoms with Crippen LogP contribution in [0.25, 0.3) is 0 Å². The number of fused-ring (bicyclic) bond motifs is 1. The first kappa shape index (κ1) is 14.6. The second-order valence-electron chi connectivity index (χ2n) is 5.53. The zero-order valence-corrected chi connectivity index (χ0v) is 12.5. The van der Waals surface area contributed by atoms with Gasteiger partial charge in [-0.1, -0.05) is 19.8 Å². The van der Waals surface area contributed by atoms with E-state index in [-0.39, 0.29) is 0 Å². The monoisotopic (exact) mass is 264 g/mol. The number of hydrogen-bond donors (Lipinski definition) is 1. The van der Waals surface area contributed by atoms with E-state index in [1.807, 2.05) is 0 Å². The van der Waals surface area contributed by atoms with Crippen LogP contribution in [-0.4, -0.2) is 24.8 Å². The number of aromatic nitrogens is 1. The van der Waals surface area contributed by atoms with Gasteiger partial charge in [0.2, 0.25) is 0 Å². The molecule has 1 aliphatic carbocycles. The molecule has 1 aliphatic rings. The summed E-state index contributed by atoms with van der Waals surface area (Å²) < 4.78 is 7.96. The molecule has 0 aromatic carbocycles. The van der Waals surface area contributed by atoms with Crippen molar-refractivity contribution in [1.29, 1.82) is 0 Å². The average molecular weight is 264 g/mol. The van der Waals surface area contributed by atoms with Gasteiger partial charge in [-0.15, -0.1) is 0 Å². The summed E-state index contributed by atoms with van der Waals surface area (Å²) in [6.45, 7) is 4.91. The quantitative estimate of drug-likeness (QED) is 0.604. The van der Waals surface area contributed by atoms with Crippen LogP contribution in [0.2, 0.25) is 0 Å². The van der Waals surface area contributed by atoms with E-state index < -0.39 is 0 Å². The SMILES string of the molecule is CCCCOCCn1cc2c(c1)C(NC)CCCC2. The summed E-state index contributed by atoms with van der Waals surface area (Å²) in [7, 11) is 2.07. The van der Waals surface area contributed by atoms with Crippen LogP contribution < -0.4 is 5.32 Å². The lowest BCUT2D eigenvalue weighted by Crippen LogP contribution is -2.15. The van der Waals surface area contributed by atoms with Gasteiger partial charge in [0, 0.05) is 31.6 Å². The summed E-state index contributed by atoms with van der Waals surface area (Å²) in [5.41, 5.74) is 3.04. The highest BCUT2D eigenvalue weighted by Gasteiger charge is 2.18. The highest BCUT2D eigenvalue weighted by molar-refractivity contribution is 5.29. The average Bonchev–Trinajstić information content (AvgIpc) is 2.72. The molecule has 0 saturated heterocycles. The third kappa shape index (κ3) is 4.08. The molecule has 0 amide bonds. The lowest BCUT2D eigenvalue weighted by Gasteiger charge is -2.13. The number of aryl methyl sites for hydroxylation is 1. The molecular formula is C16H28N2O. The summed E-state index contributed by atoms with van der Waals surface area (Å²) >= 11 is 0. The van der Waals surface area contributed by atoms with Gasteiger partial charge in [0.1, 0.15) is 0 Å². The van der Waals surface area contributed by atoms with Gasteiger partial charge in [0.15, 0.2) is 0 Å². The Morgan fingerprint density at radius 2 is 2.21 bits per heavy atom. The first-order valence-corrected chi connectivity index (χ1v) is 7.78. The molecule has 1 atom stereocenters. The van der Waals surface area contributed by atoms with E-state index in [9.17, 15) is 0 Å². The third-order valence-corrected chi connectivity index (χ3v) is 4.05. The normalized spacial score (nSPS) is 19.2. The lowest BCUT2D eigenvalue weighted by atomic mass is 10.1. The van der Waals surface area contributed by atoms with E-state index in [1.165, 1.54) is 49.7 Å². The second-order valence-corrected chi connectivity index (χ2v) is 5.53. The van der Waals surface area contributed by atoms with E-state index in [1.54, 1.807) is 0 Å². The van der Waals surface area contributed by atoms with Gasteiger partial charge in [-0.25, -0.2) is 0 Å². The third-order valence-electron chi connectivity index (χ3n) is 4.05. The van der Waals surface area contributed by atoms with Crippen LogP contribution in [0.5, 0.6) is 0 Å². The van der Waals surface area contributed by atoms with Crippen molar-refractivity contribution in [2.24, 2.45) is 0 Å². The van der Waals surface area contributed by atoms with Crippen LogP contribution in [0.15, 0.2) is 12.4 Å². The van der Waals surface area contributed by atoms with Gasteiger partial charge in [0.05, 0.1) is 6.61 Å². The fourth-order valence-corrected chi connectivity index (χ4v) is 2.86. The molecule has 1 unspecified atom stereocenters. The van der Waals surface area contributed by atoms with Crippen LogP contribution >= 0.6 is 0 Å². The van der Waals surface area contributed by atoms with Crippen molar-refractivity contribution in [1.82, 2.24) is 9.88 Å². The summed E-state index contributed by atoms with van der Waals surface area (Å²) in [6.07, 6.45) is 12.2. The largest absolute Gasteiger partial charge is 0.380 e. The van der Waals surface area contributed by atoms with Gasteiger partial charge in [0.25, 0.3) is 0 Å². The molecule has 0 spiro atoms. The van der Waals surface area contributed by atoms with Gasteiger partial charge in [-0.2, -0.15) is 0 Å². The van der Waals surface area contributed by atoms with Gasteiger partial charge in [-0.3, -0.25) is 0 Å². The summed E-state index contributed by atoms with van der Waals surface area (Å²) in [5, 5.41) is 3.45. The molecule has 0 bridgehead atoms. The van der Waals surface area contributed by atoms with Gasteiger partial charge < -0.3 is 14.6 Å². The van der Waals surface area contributed by atoms with Crippen molar-refractivity contribution in [2.45, 2.75) is 58.0 Å². The number of rotatable bonds is 7. The highest BCUT2D eigenvalue weighted by atomic mass is 16.5. The molecule has 1 aromatic rings. The topological polar surface area (TPSA) is 26.2 Å². The number of hydrogen-bond acceptors (Lipinski definition) is 2. The van der Waals surface area contributed by atoms with Crippen LogP contribution in [0, 0.1) is 0 Å². The fraction of sp³-hybridized carbons (Fsp3) is 0.750. The van der Waals surface area contributed by atoms with Crippen molar-refractivity contribution >= 4 is 0 Å². The van der Waals surface area contributed by atoms with Crippen LogP contribution in [0.4, 0.5) is 0 Å². The Morgan fingerprint density at radius 1 is 1.32 bits per heavy atom. The lowest BCUT2D eigenvalue weighted by molar-refractivity contribution is 0.123. The van der Waals surface area contributed by atoms with Crippen LogP contribution in [0.3, 0.4) is 0 Å². The molecule has 1 aromatic heterocycles.